The van der Waals surface area contributed by atoms with Crippen molar-refractivity contribution in [3.63, 3.8) is 0 Å². The van der Waals surface area contributed by atoms with E-state index in [9.17, 15) is 19.1 Å². The van der Waals surface area contributed by atoms with Crippen molar-refractivity contribution in [2.45, 2.75) is 12.5 Å². The van der Waals surface area contributed by atoms with Gasteiger partial charge in [-0.15, -0.1) is 0 Å². The first-order valence-electron chi connectivity index (χ1n) is 5.25. The van der Waals surface area contributed by atoms with E-state index in [1.807, 2.05) is 0 Å². The van der Waals surface area contributed by atoms with Crippen molar-refractivity contribution in [1.29, 1.82) is 4.78 Å². The topological polar surface area (TPSA) is 136 Å². The zero-order valence-electron chi connectivity index (χ0n) is 9.85. The molecular formula is C10H13N3O5S. The third-order valence-electron chi connectivity index (χ3n) is 2.22. The van der Waals surface area contributed by atoms with Gasteiger partial charge >= 0.3 is 0 Å². The van der Waals surface area contributed by atoms with Crippen molar-refractivity contribution >= 4 is 15.9 Å². The van der Waals surface area contributed by atoms with Crippen LogP contribution in [0.1, 0.15) is 6.42 Å². The second-order valence-electron chi connectivity index (χ2n) is 3.71. The Morgan fingerprint density at radius 2 is 2.05 bits per heavy atom. The summed E-state index contributed by atoms with van der Waals surface area (Å²) < 4.78 is 24.2. The lowest BCUT2D eigenvalue weighted by atomic mass is 10.2. The molecule has 1 amide bonds. The van der Waals surface area contributed by atoms with Gasteiger partial charge in [0.15, 0.2) is 0 Å². The molecule has 1 aromatic rings. The molecule has 8 nitrogen and oxygen atoms in total. The number of carbonyl (C=O) groups is 1. The molecule has 0 spiro atoms. The first-order valence-corrected chi connectivity index (χ1v) is 6.91. The third-order valence-corrected chi connectivity index (χ3v) is 3.45. The lowest BCUT2D eigenvalue weighted by molar-refractivity contribution is -0.507. The van der Waals surface area contributed by atoms with E-state index in [2.05, 4.69) is 0 Å². The smallest absolute Gasteiger partial charge is 0.292 e. The van der Waals surface area contributed by atoms with Crippen LogP contribution in [0, 0.1) is 14.9 Å². The molecule has 2 unspecified atom stereocenters. The van der Waals surface area contributed by atoms with Crippen LogP contribution < -0.4 is 9.92 Å². The van der Waals surface area contributed by atoms with Gasteiger partial charge in [0.25, 0.3) is 11.9 Å². The number of carbonyl (C=O) groups excluding carboxylic acids is 1. The van der Waals surface area contributed by atoms with Crippen molar-refractivity contribution in [2.24, 2.45) is 5.73 Å². The lowest BCUT2D eigenvalue weighted by Gasteiger charge is -2.10. The number of nitro groups is 1. The Kier molecular flexibility index (Phi) is 4.81. The molecule has 19 heavy (non-hydrogen) atoms. The SMILES string of the molecule is N=S(=O)(CCC(C(N)=O)[N+](=O)[O-])Oc1ccccc1. The van der Waals surface area contributed by atoms with Crippen LogP contribution in [0.25, 0.3) is 0 Å². The number of primary amides is 1. The number of nitrogens with two attached hydrogens (primary N) is 1. The van der Waals surface area contributed by atoms with Crippen LogP contribution in [0.2, 0.25) is 0 Å². The molecule has 0 aliphatic heterocycles. The highest BCUT2D eigenvalue weighted by Crippen LogP contribution is 2.13. The molecule has 1 aromatic carbocycles. The van der Waals surface area contributed by atoms with Gasteiger partial charge in [0, 0.05) is 11.3 Å². The van der Waals surface area contributed by atoms with Crippen molar-refractivity contribution in [2.75, 3.05) is 5.75 Å². The summed E-state index contributed by atoms with van der Waals surface area (Å²) in [6, 6.07) is 6.34. The van der Waals surface area contributed by atoms with Crippen LogP contribution >= 0.6 is 0 Å². The summed E-state index contributed by atoms with van der Waals surface area (Å²) in [7, 11) is -3.51. The Morgan fingerprint density at radius 3 is 2.53 bits per heavy atom. The number of benzene rings is 1. The summed E-state index contributed by atoms with van der Waals surface area (Å²) in [5.74, 6) is -1.35. The third kappa shape index (κ3) is 4.92. The van der Waals surface area contributed by atoms with Crippen molar-refractivity contribution < 1.29 is 18.1 Å². The number of hydrogen-bond acceptors (Lipinski definition) is 6. The Bertz CT molecular complexity index is 544. The molecule has 0 bridgehead atoms. The van der Waals surface area contributed by atoms with Crippen molar-refractivity contribution in [3.8, 4) is 5.75 Å². The Balaban J connectivity index is 2.65. The molecule has 0 saturated carbocycles. The summed E-state index contributed by atoms with van der Waals surface area (Å²) in [5, 5.41) is 10.5. The van der Waals surface area contributed by atoms with Crippen LogP contribution in [0.15, 0.2) is 30.3 Å². The van der Waals surface area contributed by atoms with Crippen LogP contribution in [0.5, 0.6) is 5.75 Å². The highest BCUT2D eigenvalue weighted by atomic mass is 32.2. The van der Waals surface area contributed by atoms with Gasteiger partial charge in [-0.3, -0.25) is 14.9 Å². The fraction of sp³-hybridized carbons (Fsp3) is 0.300. The van der Waals surface area contributed by atoms with Crippen LogP contribution in [0.3, 0.4) is 0 Å². The van der Waals surface area contributed by atoms with Crippen LogP contribution in [0.4, 0.5) is 0 Å². The largest absolute Gasteiger partial charge is 0.396 e. The minimum Gasteiger partial charge on any atom is -0.396 e. The number of para-hydroxylation sites is 1. The minimum absolute atomic E-state index is 0.222. The van der Waals surface area contributed by atoms with E-state index >= 15 is 0 Å². The summed E-state index contributed by atoms with van der Waals surface area (Å²) in [4.78, 5) is 20.5. The van der Waals surface area contributed by atoms with E-state index in [1.165, 1.54) is 12.1 Å². The Labute approximate surface area is 109 Å². The average Bonchev–Trinajstić information content (AvgIpc) is 2.28. The summed E-state index contributed by atoms with van der Waals surface area (Å²) in [6.07, 6.45) is -0.405. The standard InChI is InChI=1S/C10H13N3O5S/c11-10(14)9(13(15)16)6-7-19(12,17)18-8-4-2-1-3-5-8/h1-5,9,12H,6-7H2,(H2,11,14). The number of hydrogen-bond donors (Lipinski definition) is 2. The second kappa shape index (κ2) is 6.14. The summed E-state index contributed by atoms with van der Waals surface area (Å²) in [6.45, 7) is 0. The molecule has 0 aromatic heterocycles. The first-order chi connectivity index (χ1) is 8.82. The van der Waals surface area contributed by atoms with Crippen molar-refractivity contribution in [1.82, 2.24) is 0 Å². The predicted octanol–water partition coefficient (Wildman–Crippen LogP) is 0.548. The molecule has 0 radical (unpaired) electrons. The van der Waals surface area contributed by atoms with Gasteiger partial charge in [-0.2, -0.15) is 0 Å². The second-order valence-corrected chi connectivity index (χ2v) is 5.51. The zero-order valence-corrected chi connectivity index (χ0v) is 10.7. The predicted molar refractivity (Wildman–Crippen MR) is 67.4 cm³/mol. The fourth-order valence-electron chi connectivity index (χ4n) is 1.29. The highest BCUT2D eigenvalue weighted by molar-refractivity contribution is 7.88. The van der Waals surface area contributed by atoms with Gasteiger partial charge in [-0.05, 0) is 12.1 Å². The number of rotatable bonds is 7. The van der Waals surface area contributed by atoms with Gasteiger partial charge < -0.3 is 9.92 Å². The van der Waals surface area contributed by atoms with E-state index in [-0.39, 0.29) is 5.75 Å². The monoisotopic (exact) mass is 287 g/mol. The van der Waals surface area contributed by atoms with E-state index in [1.54, 1.807) is 18.2 Å². The van der Waals surface area contributed by atoms with Crippen LogP contribution in [-0.4, -0.2) is 26.8 Å². The van der Waals surface area contributed by atoms with Gasteiger partial charge in [0.05, 0.1) is 5.75 Å². The molecular weight excluding hydrogens is 274 g/mol. The van der Waals surface area contributed by atoms with Gasteiger partial charge in [0.2, 0.25) is 10.0 Å². The molecule has 9 heteroatoms. The first kappa shape index (κ1) is 14.9. The Hall–Kier alpha value is -2.16. The van der Waals surface area contributed by atoms with Gasteiger partial charge in [-0.1, -0.05) is 18.2 Å². The fourth-order valence-corrected chi connectivity index (χ4v) is 2.33. The lowest BCUT2D eigenvalue weighted by Crippen LogP contribution is -2.37. The van der Waals surface area contributed by atoms with E-state index in [0.717, 1.165) is 0 Å². The molecule has 0 fully saturated rings. The normalized spacial score (nSPS) is 15.2. The number of nitrogens with zero attached hydrogens (tertiary/aromatic N) is 1. The van der Waals surface area contributed by atoms with Crippen molar-refractivity contribution in [3.05, 3.63) is 40.4 Å². The van der Waals surface area contributed by atoms with Crippen LogP contribution in [-0.2, 0) is 14.8 Å². The summed E-state index contributed by atoms with van der Waals surface area (Å²) in [5.41, 5.74) is 4.84. The maximum Gasteiger partial charge on any atom is 0.292 e. The maximum absolute atomic E-state index is 11.8. The quantitative estimate of drug-likeness (QED) is 0.557. The van der Waals surface area contributed by atoms with E-state index in [0.29, 0.717) is 0 Å². The molecule has 0 aliphatic rings. The molecule has 3 N–H and O–H groups in total. The number of nitrogens with one attached hydrogen (secondary N) is 1. The van der Waals surface area contributed by atoms with E-state index in [4.69, 9.17) is 14.7 Å². The summed E-state index contributed by atoms with van der Waals surface area (Å²) >= 11 is 0. The number of amides is 1. The molecule has 0 heterocycles. The molecule has 2 atom stereocenters. The molecule has 0 aliphatic carbocycles. The molecule has 104 valence electrons. The molecule has 0 saturated heterocycles. The minimum atomic E-state index is -3.51. The zero-order chi connectivity index (χ0) is 14.5. The van der Waals surface area contributed by atoms with E-state index < -0.39 is 39.1 Å². The average molecular weight is 287 g/mol. The molecule has 1 rings (SSSR count). The Morgan fingerprint density at radius 1 is 1.47 bits per heavy atom. The maximum atomic E-state index is 11.8. The van der Waals surface area contributed by atoms with Gasteiger partial charge in [0.1, 0.15) is 5.75 Å². The van der Waals surface area contributed by atoms with Gasteiger partial charge in [-0.25, -0.2) is 8.99 Å². The highest BCUT2D eigenvalue weighted by Gasteiger charge is 2.28.